The Morgan fingerprint density at radius 2 is 1.51 bits per heavy atom. The minimum Gasteiger partial charge on any atom is -0.406 e. The summed E-state index contributed by atoms with van der Waals surface area (Å²) in [6.45, 7) is 1.08. The van der Waals surface area contributed by atoms with Crippen LogP contribution in [0.2, 0.25) is 0 Å². The highest BCUT2D eigenvalue weighted by molar-refractivity contribution is 5.94. The molecule has 0 amide bonds. The number of nitriles is 1. The molecule has 10 heteroatoms. The average molecular weight is 514 g/mol. The Labute approximate surface area is 210 Å². The largest absolute Gasteiger partial charge is 0.573 e. The van der Waals surface area contributed by atoms with E-state index in [-0.39, 0.29) is 35.2 Å². The third-order valence-electron chi connectivity index (χ3n) is 6.19. The summed E-state index contributed by atoms with van der Waals surface area (Å²) in [5.41, 5.74) is 2.19. The van der Waals surface area contributed by atoms with Gasteiger partial charge < -0.3 is 15.0 Å². The van der Waals surface area contributed by atoms with Gasteiger partial charge in [-0.05, 0) is 78.4 Å². The summed E-state index contributed by atoms with van der Waals surface area (Å²) in [6, 6.07) is 17.6. The molecule has 192 valence electrons. The summed E-state index contributed by atoms with van der Waals surface area (Å²) >= 11 is 0. The second-order valence-corrected chi connectivity index (χ2v) is 8.66. The van der Waals surface area contributed by atoms with Crippen molar-refractivity contribution < 1.29 is 26.7 Å². The second-order valence-electron chi connectivity index (χ2n) is 8.66. The van der Waals surface area contributed by atoms with Crippen LogP contribution in [0.1, 0.15) is 29.9 Å². The number of benzene rings is 3. The van der Waals surface area contributed by atoms with Crippen molar-refractivity contribution >= 4 is 11.6 Å². The minimum absolute atomic E-state index is 0.0259. The Bertz CT molecular complexity index is 1210. The highest BCUT2D eigenvalue weighted by Gasteiger charge is 2.32. The first-order valence-electron chi connectivity index (χ1n) is 11.6. The zero-order chi connectivity index (χ0) is 26.4. The first-order valence-corrected chi connectivity index (χ1v) is 11.6. The Hall–Kier alpha value is -4.13. The molecule has 1 aliphatic heterocycles. The second kappa shape index (κ2) is 11.3. The van der Waals surface area contributed by atoms with E-state index in [1.165, 1.54) is 36.4 Å². The molecule has 0 aliphatic carbocycles. The van der Waals surface area contributed by atoms with Crippen LogP contribution in [-0.2, 0) is 0 Å². The van der Waals surface area contributed by atoms with Crippen molar-refractivity contribution in [2.24, 2.45) is 10.9 Å². The molecule has 0 saturated carbocycles. The van der Waals surface area contributed by atoms with Crippen LogP contribution in [0.3, 0.4) is 0 Å². The number of hydrogen-bond acceptors (Lipinski definition) is 3. The van der Waals surface area contributed by atoms with Crippen LogP contribution >= 0.6 is 0 Å². The van der Waals surface area contributed by atoms with Crippen molar-refractivity contribution in [2.45, 2.75) is 25.1 Å². The number of hydrogen-bond donors (Lipinski definition) is 1. The fraction of sp³-hybridized carbons (Fsp3) is 0.259. The zero-order valence-corrected chi connectivity index (χ0v) is 19.6. The van der Waals surface area contributed by atoms with Gasteiger partial charge in [0.1, 0.15) is 17.4 Å². The number of likely N-dealkylation sites (tertiary alicyclic amines) is 1. The van der Waals surface area contributed by atoms with Crippen molar-refractivity contribution in [3.05, 3.63) is 95.6 Å². The number of anilines is 1. The fourth-order valence-corrected chi connectivity index (χ4v) is 4.65. The van der Waals surface area contributed by atoms with Gasteiger partial charge in [0.25, 0.3) is 0 Å². The van der Waals surface area contributed by atoms with E-state index >= 15 is 0 Å². The summed E-state index contributed by atoms with van der Waals surface area (Å²) in [5.74, 6) is -0.952. The van der Waals surface area contributed by atoms with Gasteiger partial charge in [0.05, 0.1) is 0 Å². The number of ether oxygens (including phenoxy) is 1. The molecule has 3 aromatic rings. The summed E-state index contributed by atoms with van der Waals surface area (Å²) in [4.78, 5) is 5.81. The smallest absolute Gasteiger partial charge is 0.406 e. The van der Waals surface area contributed by atoms with Gasteiger partial charge in [-0.3, -0.25) is 0 Å². The van der Waals surface area contributed by atoms with Gasteiger partial charge in [-0.25, -0.2) is 8.78 Å². The summed E-state index contributed by atoms with van der Waals surface area (Å²) in [6.07, 6.45) is -1.42. The zero-order valence-electron chi connectivity index (χ0n) is 19.6. The van der Waals surface area contributed by atoms with Gasteiger partial charge in [0, 0.05) is 24.7 Å². The van der Waals surface area contributed by atoms with Crippen molar-refractivity contribution in [1.82, 2.24) is 4.90 Å². The molecule has 3 aromatic carbocycles. The van der Waals surface area contributed by atoms with Crippen LogP contribution in [0.5, 0.6) is 5.75 Å². The van der Waals surface area contributed by atoms with Crippen LogP contribution in [0.4, 0.5) is 27.6 Å². The van der Waals surface area contributed by atoms with Crippen LogP contribution in [0, 0.1) is 29.0 Å². The van der Waals surface area contributed by atoms with Gasteiger partial charge >= 0.3 is 6.36 Å². The lowest BCUT2D eigenvalue weighted by Gasteiger charge is -2.38. The van der Waals surface area contributed by atoms with Gasteiger partial charge in [-0.1, -0.05) is 24.3 Å². The number of rotatable bonds is 5. The molecular weight excluding hydrogens is 491 g/mol. The first kappa shape index (κ1) is 25.9. The van der Waals surface area contributed by atoms with E-state index in [0.29, 0.717) is 18.8 Å². The molecule has 0 radical (unpaired) electrons. The normalized spacial score (nSPS) is 16.4. The Balaban J connectivity index is 1.56. The van der Waals surface area contributed by atoms with Crippen molar-refractivity contribution in [1.29, 1.82) is 5.26 Å². The van der Waals surface area contributed by atoms with Crippen LogP contribution in [0.25, 0.3) is 0 Å². The lowest BCUT2D eigenvalue weighted by Crippen LogP contribution is -2.44. The Morgan fingerprint density at radius 3 is 2.03 bits per heavy atom. The van der Waals surface area contributed by atoms with Crippen molar-refractivity contribution in [3.8, 4) is 11.9 Å². The SMILES string of the molecule is N#C/N=C(/Nc1ccc(OC(F)(F)F)cc1)N1CCCC(C(c2ccc(F)cc2)c2ccc(F)cc2)C1. The molecule has 0 spiro atoms. The summed E-state index contributed by atoms with van der Waals surface area (Å²) < 4.78 is 68.5. The van der Waals surface area contributed by atoms with E-state index < -0.39 is 6.36 Å². The predicted molar refractivity (Wildman–Crippen MR) is 129 cm³/mol. The fourth-order valence-electron chi connectivity index (χ4n) is 4.65. The van der Waals surface area contributed by atoms with E-state index in [0.717, 1.165) is 36.1 Å². The average Bonchev–Trinajstić information content (AvgIpc) is 2.87. The predicted octanol–water partition coefficient (Wildman–Crippen LogP) is 6.66. The van der Waals surface area contributed by atoms with Gasteiger partial charge in [-0.15, -0.1) is 18.2 Å². The molecular formula is C27H23F5N4O. The highest BCUT2D eigenvalue weighted by Crippen LogP contribution is 2.37. The molecule has 0 bridgehead atoms. The third-order valence-corrected chi connectivity index (χ3v) is 6.19. The maximum Gasteiger partial charge on any atom is 0.573 e. The van der Waals surface area contributed by atoms with E-state index in [4.69, 9.17) is 0 Å². The van der Waals surface area contributed by atoms with Gasteiger partial charge in [-0.2, -0.15) is 5.26 Å². The van der Waals surface area contributed by atoms with Gasteiger partial charge in [0.15, 0.2) is 0 Å². The molecule has 5 nitrogen and oxygen atoms in total. The van der Waals surface area contributed by atoms with Crippen molar-refractivity contribution in [3.63, 3.8) is 0 Å². The number of piperidine rings is 1. The number of nitrogens with one attached hydrogen (secondary N) is 1. The summed E-state index contributed by atoms with van der Waals surface area (Å²) in [5, 5.41) is 12.3. The monoisotopic (exact) mass is 514 g/mol. The topological polar surface area (TPSA) is 60.6 Å². The maximum absolute atomic E-state index is 13.6. The lowest BCUT2D eigenvalue weighted by molar-refractivity contribution is -0.274. The molecule has 1 heterocycles. The number of alkyl halides is 3. The lowest BCUT2D eigenvalue weighted by atomic mass is 9.77. The number of aliphatic imine (C=N–C) groups is 1. The number of nitrogens with zero attached hydrogens (tertiary/aromatic N) is 3. The molecule has 1 fully saturated rings. The number of halogens is 5. The Morgan fingerprint density at radius 1 is 0.946 bits per heavy atom. The summed E-state index contributed by atoms with van der Waals surface area (Å²) in [7, 11) is 0. The van der Waals surface area contributed by atoms with E-state index in [9.17, 15) is 27.2 Å². The first-order chi connectivity index (χ1) is 17.7. The van der Waals surface area contributed by atoms with E-state index in [1.54, 1.807) is 30.5 Å². The molecule has 1 saturated heterocycles. The third kappa shape index (κ3) is 6.97. The molecule has 37 heavy (non-hydrogen) atoms. The molecule has 1 atom stereocenters. The molecule has 1 N–H and O–H groups in total. The quantitative estimate of drug-likeness (QED) is 0.179. The van der Waals surface area contributed by atoms with E-state index in [1.807, 2.05) is 4.90 Å². The number of guanidine groups is 1. The minimum atomic E-state index is -4.79. The van der Waals surface area contributed by atoms with E-state index in [2.05, 4.69) is 15.0 Å². The van der Waals surface area contributed by atoms with Gasteiger partial charge in [0.2, 0.25) is 12.2 Å². The highest BCUT2D eigenvalue weighted by atomic mass is 19.4. The maximum atomic E-state index is 13.6. The molecule has 4 rings (SSSR count). The molecule has 0 aromatic heterocycles. The molecule has 1 aliphatic rings. The van der Waals surface area contributed by atoms with Crippen LogP contribution in [0.15, 0.2) is 77.8 Å². The van der Waals surface area contributed by atoms with Crippen molar-refractivity contribution in [2.75, 3.05) is 18.4 Å². The van der Waals surface area contributed by atoms with Crippen LogP contribution in [-0.4, -0.2) is 30.3 Å². The molecule has 1 unspecified atom stereocenters. The Kier molecular flexibility index (Phi) is 7.92. The standard InChI is InChI=1S/C27H23F5N4O/c28-21-7-3-18(4-8-21)25(19-5-9-22(29)10-6-19)20-2-1-15-36(16-20)26(34-17-33)35-23-11-13-24(14-12-23)37-27(30,31)32/h3-14,20,25H,1-2,15-16H2,(H,34,35). The van der Waals surface area contributed by atoms with Crippen LogP contribution < -0.4 is 10.1 Å².